The zero-order valence-electron chi connectivity index (χ0n) is 17.3. The van der Waals surface area contributed by atoms with Crippen molar-refractivity contribution in [2.24, 2.45) is 20.4 Å². The molecule has 1 radical (unpaired) electrons. The van der Waals surface area contributed by atoms with Crippen LogP contribution in [0.1, 0.15) is 40.2 Å². The molecule has 0 N–H and O–H groups in total. The molecular formula is C19H27BrCuN6S2. The van der Waals surface area contributed by atoms with Gasteiger partial charge in [-0.25, -0.2) is 0 Å². The van der Waals surface area contributed by atoms with Crippen molar-refractivity contribution in [3.8, 4) is 0 Å². The first-order valence-corrected chi connectivity index (χ1v) is 10.9. The molecule has 0 atom stereocenters. The summed E-state index contributed by atoms with van der Waals surface area (Å²) in [6.07, 6.45) is 0. The van der Waals surface area contributed by atoms with Crippen LogP contribution in [-0.2, 0) is 42.3 Å². The van der Waals surface area contributed by atoms with Gasteiger partial charge in [-0.15, -0.1) is 5.10 Å². The van der Waals surface area contributed by atoms with Crippen LogP contribution in [0.5, 0.6) is 0 Å². The van der Waals surface area contributed by atoms with Crippen LogP contribution in [0.25, 0.3) is 0 Å². The molecule has 29 heavy (non-hydrogen) atoms. The van der Waals surface area contributed by atoms with Crippen molar-refractivity contribution in [1.29, 1.82) is 0 Å². The fourth-order valence-corrected chi connectivity index (χ4v) is 3.18. The second kappa shape index (κ2) is 14.8. The molecule has 0 aromatic heterocycles. The molecule has 1 rings (SSSR count). The monoisotopic (exact) mass is 545 g/mol. The molecule has 0 heterocycles. The molecule has 163 valence electrons. The number of hydrogen-bond donors (Lipinski definition) is 0. The van der Waals surface area contributed by atoms with Gasteiger partial charge in [-0.2, -0.15) is 15.3 Å². The minimum absolute atomic E-state index is 0. The van der Waals surface area contributed by atoms with Crippen LogP contribution in [-0.4, -0.2) is 57.7 Å². The number of halogens is 1. The van der Waals surface area contributed by atoms with Gasteiger partial charge < -0.3 is 35.1 Å². The van der Waals surface area contributed by atoms with Crippen molar-refractivity contribution in [2.45, 2.75) is 34.6 Å². The molecule has 0 spiro atoms. The van der Waals surface area contributed by atoms with E-state index >= 15 is 0 Å². The van der Waals surface area contributed by atoms with Crippen molar-refractivity contribution >= 4 is 62.9 Å². The summed E-state index contributed by atoms with van der Waals surface area (Å²) in [5.74, 6) is 0. The fourth-order valence-electron chi connectivity index (χ4n) is 2.32. The summed E-state index contributed by atoms with van der Waals surface area (Å²) in [5.41, 5.74) is 2.09. The molecular weight excluding hydrogens is 520 g/mol. The Labute approximate surface area is 204 Å². The third-order valence-corrected chi connectivity index (χ3v) is 5.26. The molecule has 0 aliphatic carbocycles. The molecule has 1 aromatic rings. The third-order valence-electron chi connectivity index (χ3n) is 4.05. The molecule has 1 aromatic carbocycles. The maximum Gasteiger partial charge on any atom is 2.00 e. The summed E-state index contributed by atoms with van der Waals surface area (Å²) < 4.78 is 0.980. The van der Waals surface area contributed by atoms with Crippen LogP contribution >= 0.6 is 15.9 Å². The van der Waals surface area contributed by atoms with Gasteiger partial charge in [-0.1, -0.05) is 28.1 Å². The van der Waals surface area contributed by atoms with Crippen LogP contribution in [0.2, 0.25) is 0 Å². The topological polar surface area (TPSA) is 55.9 Å². The summed E-state index contributed by atoms with van der Waals surface area (Å²) >= 11 is 14.2. The van der Waals surface area contributed by atoms with Gasteiger partial charge in [0.15, 0.2) is 0 Å². The predicted octanol–water partition coefficient (Wildman–Crippen LogP) is 4.02. The summed E-state index contributed by atoms with van der Waals surface area (Å²) in [6, 6.07) is 7.78. The molecule has 0 amide bonds. The molecule has 0 saturated heterocycles. The summed E-state index contributed by atoms with van der Waals surface area (Å²) in [4.78, 5) is 3.92. The van der Waals surface area contributed by atoms with E-state index in [0.717, 1.165) is 36.2 Å². The summed E-state index contributed by atoms with van der Waals surface area (Å²) in [7, 11) is 0. The smallest absolute Gasteiger partial charge is 0.741 e. The van der Waals surface area contributed by atoms with E-state index in [0.29, 0.717) is 21.8 Å². The van der Waals surface area contributed by atoms with Crippen molar-refractivity contribution in [2.75, 3.05) is 26.2 Å². The first-order chi connectivity index (χ1) is 13.4. The SMILES string of the molecule is CCN(CC)C([S-])=NN=C(C)C(=NN=C([S-])N(CC)CC)c1ccc(Br)cc1.[Cu+2]. The maximum absolute atomic E-state index is 5.38. The Morgan fingerprint density at radius 3 is 1.62 bits per heavy atom. The Morgan fingerprint density at radius 2 is 1.21 bits per heavy atom. The minimum Gasteiger partial charge on any atom is -0.741 e. The van der Waals surface area contributed by atoms with Crippen LogP contribution < -0.4 is 0 Å². The number of hydrogen-bond acceptors (Lipinski definition) is 6. The van der Waals surface area contributed by atoms with Crippen molar-refractivity contribution in [1.82, 2.24) is 9.80 Å². The van der Waals surface area contributed by atoms with Gasteiger partial charge in [-0.3, -0.25) is 0 Å². The van der Waals surface area contributed by atoms with E-state index in [2.05, 4.69) is 36.3 Å². The van der Waals surface area contributed by atoms with Crippen LogP contribution in [0, 0.1) is 0 Å². The van der Waals surface area contributed by atoms with E-state index in [-0.39, 0.29) is 17.1 Å². The van der Waals surface area contributed by atoms with E-state index in [1.165, 1.54) is 0 Å². The molecule has 10 heteroatoms. The molecule has 0 saturated carbocycles. The summed E-state index contributed by atoms with van der Waals surface area (Å²) in [6.45, 7) is 13.1. The minimum atomic E-state index is 0. The number of rotatable bonds is 8. The maximum atomic E-state index is 5.38. The standard InChI is InChI=1S/C19H29BrN6S2.Cu/c1-6-25(7-2)18(27)23-21-14(5)17(15-10-12-16(20)13-11-15)22-24-19(28)26(8-3)9-4;/h10-13H,6-9H2,1-5H3,(H,23,27)(H,24,28);/q;+2/p-2. The van der Waals surface area contributed by atoms with Gasteiger partial charge in [0.25, 0.3) is 0 Å². The zero-order chi connectivity index (χ0) is 21.1. The Bertz CT molecular complexity index is 742. The van der Waals surface area contributed by atoms with Crippen LogP contribution in [0.3, 0.4) is 0 Å². The Hall–Kier alpha value is -1.06. The van der Waals surface area contributed by atoms with Gasteiger partial charge in [0, 0.05) is 46.6 Å². The van der Waals surface area contributed by atoms with E-state index in [1.54, 1.807) is 0 Å². The average Bonchev–Trinajstić information content (AvgIpc) is 2.69. The van der Waals surface area contributed by atoms with E-state index in [9.17, 15) is 0 Å². The average molecular weight is 547 g/mol. The molecule has 0 unspecified atom stereocenters. The normalized spacial score (nSPS) is 13.2. The van der Waals surface area contributed by atoms with Crippen molar-refractivity contribution in [3.05, 3.63) is 34.3 Å². The van der Waals surface area contributed by atoms with Gasteiger partial charge in [0.2, 0.25) is 0 Å². The number of benzene rings is 1. The van der Waals surface area contributed by atoms with E-state index < -0.39 is 0 Å². The number of nitrogens with zero attached hydrogens (tertiary/aromatic N) is 6. The van der Waals surface area contributed by atoms with E-state index in [1.807, 2.05) is 68.7 Å². The quantitative estimate of drug-likeness (QED) is 0.162. The molecule has 6 nitrogen and oxygen atoms in total. The predicted molar refractivity (Wildman–Crippen MR) is 129 cm³/mol. The molecule has 0 bridgehead atoms. The largest absolute Gasteiger partial charge is 2.00 e. The first-order valence-electron chi connectivity index (χ1n) is 9.25. The Morgan fingerprint density at radius 1 is 0.793 bits per heavy atom. The van der Waals surface area contributed by atoms with Gasteiger partial charge >= 0.3 is 17.1 Å². The summed E-state index contributed by atoms with van der Waals surface area (Å²) in [5, 5.41) is 18.0. The van der Waals surface area contributed by atoms with Gasteiger partial charge in [0.05, 0.1) is 5.71 Å². The Balaban J connectivity index is 0.00000784. The van der Waals surface area contributed by atoms with Crippen LogP contribution in [0.15, 0.2) is 49.1 Å². The second-order valence-corrected chi connectivity index (χ2v) is 7.40. The fraction of sp³-hybridized carbons (Fsp3) is 0.474. The van der Waals surface area contributed by atoms with Crippen LogP contribution in [0.4, 0.5) is 0 Å². The second-order valence-electron chi connectivity index (χ2n) is 5.75. The Kier molecular flexibility index (Phi) is 14.3. The first kappa shape index (κ1) is 27.9. The van der Waals surface area contributed by atoms with Gasteiger partial charge in [-0.05, 0) is 46.8 Å². The van der Waals surface area contributed by atoms with Gasteiger partial charge in [0.1, 0.15) is 5.71 Å². The zero-order valence-corrected chi connectivity index (χ0v) is 21.5. The van der Waals surface area contributed by atoms with E-state index in [4.69, 9.17) is 25.3 Å². The third kappa shape index (κ3) is 9.09. The molecule has 0 aliphatic rings. The molecule has 0 aliphatic heterocycles. The van der Waals surface area contributed by atoms with Crippen molar-refractivity contribution < 1.29 is 17.1 Å². The van der Waals surface area contributed by atoms with Crippen molar-refractivity contribution in [3.63, 3.8) is 0 Å². The molecule has 0 fully saturated rings. The number of amidine groups is 2.